The lowest BCUT2D eigenvalue weighted by Crippen LogP contribution is -2.40. The van der Waals surface area contributed by atoms with E-state index in [-0.39, 0.29) is 18.4 Å². The van der Waals surface area contributed by atoms with Crippen LogP contribution >= 0.6 is 15.9 Å². The second-order valence-corrected chi connectivity index (χ2v) is 10.2. The maximum absolute atomic E-state index is 12.9. The van der Waals surface area contributed by atoms with E-state index < -0.39 is 0 Å². The Morgan fingerprint density at radius 1 is 1.11 bits per heavy atom. The summed E-state index contributed by atoms with van der Waals surface area (Å²) in [6, 6.07) is 14.8. The summed E-state index contributed by atoms with van der Waals surface area (Å²) in [4.78, 5) is 19.5. The number of benzene rings is 2. The van der Waals surface area contributed by atoms with E-state index >= 15 is 0 Å². The molecule has 10 heteroatoms. The van der Waals surface area contributed by atoms with Crippen molar-refractivity contribution in [3.8, 4) is 28.5 Å². The highest BCUT2D eigenvalue weighted by atomic mass is 79.9. The maximum Gasteiger partial charge on any atom is 0.231 e. The van der Waals surface area contributed by atoms with Crippen molar-refractivity contribution in [1.29, 1.82) is 0 Å². The molecule has 2 aliphatic rings. The molecule has 2 aromatic carbocycles. The van der Waals surface area contributed by atoms with E-state index in [4.69, 9.17) is 14.5 Å². The SMILES string of the molecule is O=C(Cc1ccc2c(c1)OCO2)N1CCC(CNc2cc(-c3ccccc3O)nc3c(Br)cnn23)CC1. The minimum absolute atomic E-state index is 0.134. The number of carbonyl (C=O) groups is 1. The number of likely N-dealkylation sites (tertiary alicyclic amines) is 1. The van der Waals surface area contributed by atoms with Gasteiger partial charge in [0, 0.05) is 31.3 Å². The summed E-state index contributed by atoms with van der Waals surface area (Å²) in [6.45, 7) is 2.45. The molecule has 190 valence electrons. The van der Waals surface area contributed by atoms with Gasteiger partial charge in [0.15, 0.2) is 17.1 Å². The lowest BCUT2D eigenvalue weighted by Gasteiger charge is -2.32. The molecule has 2 aromatic heterocycles. The van der Waals surface area contributed by atoms with E-state index in [2.05, 4.69) is 26.3 Å². The van der Waals surface area contributed by atoms with Crippen LogP contribution in [0.3, 0.4) is 0 Å². The molecule has 1 saturated heterocycles. The van der Waals surface area contributed by atoms with Crippen molar-refractivity contribution < 1.29 is 19.4 Å². The van der Waals surface area contributed by atoms with Crippen LogP contribution in [-0.2, 0) is 11.2 Å². The number of halogens is 1. The topological polar surface area (TPSA) is 101 Å². The van der Waals surface area contributed by atoms with E-state index in [0.717, 1.165) is 54.1 Å². The van der Waals surface area contributed by atoms with E-state index in [0.29, 0.717) is 35.0 Å². The number of amides is 1. The van der Waals surface area contributed by atoms with Gasteiger partial charge in [-0.25, -0.2) is 4.98 Å². The van der Waals surface area contributed by atoms with Crippen LogP contribution in [0.2, 0.25) is 0 Å². The first-order valence-corrected chi connectivity index (χ1v) is 13.1. The largest absolute Gasteiger partial charge is 0.507 e. The zero-order valence-corrected chi connectivity index (χ0v) is 21.6. The van der Waals surface area contributed by atoms with Gasteiger partial charge in [-0.2, -0.15) is 9.61 Å². The average molecular weight is 564 g/mol. The summed E-state index contributed by atoms with van der Waals surface area (Å²) >= 11 is 3.53. The Morgan fingerprint density at radius 3 is 2.76 bits per heavy atom. The summed E-state index contributed by atoms with van der Waals surface area (Å²) in [5, 5.41) is 18.3. The number of fused-ring (bicyclic) bond motifs is 2. The molecule has 2 aliphatic heterocycles. The average Bonchev–Trinajstić information content (AvgIpc) is 3.54. The number of hydrogen-bond donors (Lipinski definition) is 2. The molecule has 0 atom stereocenters. The van der Waals surface area contributed by atoms with Gasteiger partial charge < -0.3 is 24.8 Å². The van der Waals surface area contributed by atoms with Crippen molar-refractivity contribution in [3.63, 3.8) is 0 Å². The molecule has 0 spiro atoms. The molecule has 37 heavy (non-hydrogen) atoms. The van der Waals surface area contributed by atoms with Crippen molar-refractivity contribution in [2.45, 2.75) is 19.3 Å². The Hall–Kier alpha value is -3.79. The molecule has 0 radical (unpaired) electrons. The number of ether oxygens (including phenoxy) is 2. The van der Waals surface area contributed by atoms with Gasteiger partial charge in [-0.1, -0.05) is 18.2 Å². The highest BCUT2D eigenvalue weighted by Crippen LogP contribution is 2.33. The number of hydrogen-bond acceptors (Lipinski definition) is 7. The third-order valence-electron chi connectivity index (χ3n) is 6.94. The van der Waals surface area contributed by atoms with E-state index in [1.165, 1.54) is 0 Å². The highest BCUT2D eigenvalue weighted by Gasteiger charge is 2.24. The monoisotopic (exact) mass is 563 g/mol. The number of aromatic hydroxyl groups is 1. The van der Waals surface area contributed by atoms with Crippen molar-refractivity contribution in [2.24, 2.45) is 5.92 Å². The zero-order valence-electron chi connectivity index (χ0n) is 20.1. The van der Waals surface area contributed by atoms with Gasteiger partial charge in [0.25, 0.3) is 0 Å². The smallest absolute Gasteiger partial charge is 0.231 e. The van der Waals surface area contributed by atoms with Crippen LogP contribution < -0.4 is 14.8 Å². The third kappa shape index (κ3) is 4.81. The molecule has 1 amide bonds. The predicted molar refractivity (Wildman–Crippen MR) is 142 cm³/mol. The second kappa shape index (κ2) is 9.93. The van der Waals surface area contributed by atoms with Gasteiger partial charge in [-0.05, 0) is 64.5 Å². The van der Waals surface area contributed by atoms with Crippen LogP contribution in [0, 0.1) is 5.92 Å². The minimum Gasteiger partial charge on any atom is -0.507 e. The molecule has 4 heterocycles. The molecule has 0 unspecified atom stereocenters. The Balaban J connectivity index is 1.09. The Kier molecular flexibility index (Phi) is 6.33. The van der Waals surface area contributed by atoms with Crippen molar-refractivity contribution >= 4 is 33.3 Å². The van der Waals surface area contributed by atoms with Gasteiger partial charge in [0.05, 0.1) is 22.8 Å². The fourth-order valence-electron chi connectivity index (χ4n) is 4.86. The highest BCUT2D eigenvalue weighted by molar-refractivity contribution is 9.10. The number of nitrogens with one attached hydrogen (secondary N) is 1. The summed E-state index contributed by atoms with van der Waals surface area (Å²) in [5.74, 6) is 2.97. The van der Waals surface area contributed by atoms with Crippen LogP contribution in [0.5, 0.6) is 17.2 Å². The molecule has 0 saturated carbocycles. The molecule has 0 bridgehead atoms. The molecule has 2 N–H and O–H groups in total. The Morgan fingerprint density at radius 2 is 1.92 bits per heavy atom. The number of piperidine rings is 1. The Labute approximate surface area is 222 Å². The molecule has 9 nitrogen and oxygen atoms in total. The Bertz CT molecular complexity index is 1460. The third-order valence-corrected chi connectivity index (χ3v) is 7.50. The molecule has 1 fully saturated rings. The number of rotatable bonds is 6. The number of aromatic nitrogens is 3. The van der Waals surface area contributed by atoms with Gasteiger partial charge >= 0.3 is 0 Å². The van der Waals surface area contributed by atoms with Crippen molar-refractivity contribution in [1.82, 2.24) is 19.5 Å². The van der Waals surface area contributed by atoms with Gasteiger partial charge in [-0.3, -0.25) is 4.79 Å². The van der Waals surface area contributed by atoms with Gasteiger partial charge in [0.2, 0.25) is 12.7 Å². The number of phenols is 1. The number of para-hydroxylation sites is 1. The standard InChI is InChI=1S/C27H26BrN5O4/c28-20-15-30-33-25(13-21(31-27(20)33)19-3-1-2-4-22(19)34)29-14-17-7-9-32(10-8-17)26(35)12-18-5-6-23-24(11-18)37-16-36-23/h1-6,11,13,15,17,29,34H,7-10,12,14,16H2. The van der Waals surface area contributed by atoms with E-state index in [1.54, 1.807) is 22.8 Å². The summed E-state index contributed by atoms with van der Waals surface area (Å²) in [7, 11) is 0. The first-order chi connectivity index (χ1) is 18.0. The molecule has 6 rings (SSSR count). The van der Waals surface area contributed by atoms with Gasteiger partial charge in [0.1, 0.15) is 11.6 Å². The van der Waals surface area contributed by atoms with Gasteiger partial charge in [-0.15, -0.1) is 0 Å². The van der Waals surface area contributed by atoms with Crippen molar-refractivity contribution in [2.75, 3.05) is 31.7 Å². The molecule has 4 aromatic rings. The lowest BCUT2D eigenvalue weighted by molar-refractivity contribution is -0.131. The van der Waals surface area contributed by atoms with Crippen LogP contribution in [0.15, 0.2) is 59.2 Å². The maximum atomic E-state index is 12.9. The number of anilines is 1. The normalized spacial score (nSPS) is 15.3. The predicted octanol–water partition coefficient (Wildman–Crippen LogP) is 4.49. The molecule has 0 aliphatic carbocycles. The molecular weight excluding hydrogens is 538 g/mol. The first-order valence-electron chi connectivity index (χ1n) is 12.3. The summed E-state index contributed by atoms with van der Waals surface area (Å²) < 4.78 is 13.3. The minimum atomic E-state index is 0.134. The first kappa shape index (κ1) is 23.6. The van der Waals surface area contributed by atoms with E-state index in [9.17, 15) is 9.90 Å². The number of carbonyl (C=O) groups excluding carboxylic acids is 1. The lowest BCUT2D eigenvalue weighted by atomic mass is 9.96. The van der Waals surface area contributed by atoms with Crippen LogP contribution in [0.25, 0.3) is 16.9 Å². The van der Waals surface area contributed by atoms with Crippen LogP contribution in [-0.4, -0.2) is 56.9 Å². The fraction of sp³-hybridized carbons (Fsp3) is 0.296. The number of phenolic OH excluding ortho intramolecular Hbond substituents is 1. The fourth-order valence-corrected chi connectivity index (χ4v) is 5.21. The quantitative estimate of drug-likeness (QED) is 0.356. The van der Waals surface area contributed by atoms with Crippen molar-refractivity contribution in [3.05, 3.63) is 64.8 Å². The summed E-state index contributed by atoms with van der Waals surface area (Å²) in [6.07, 6.45) is 3.91. The van der Waals surface area contributed by atoms with Crippen LogP contribution in [0.4, 0.5) is 5.82 Å². The summed E-state index contributed by atoms with van der Waals surface area (Å²) in [5.41, 5.74) is 2.94. The molecular formula is C27H26BrN5O4. The van der Waals surface area contributed by atoms with E-state index in [1.807, 2.05) is 41.3 Å². The zero-order chi connectivity index (χ0) is 25.4. The number of nitrogens with zero attached hydrogens (tertiary/aromatic N) is 4. The van der Waals surface area contributed by atoms with Crippen LogP contribution in [0.1, 0.15) is 18.4 Å². The second-order valence-electron chi connectivity index (χ2n) is 9.34.